The average Bonchev–Trinajstić information content (AvgIpc) is 2.38. The molecule has 2 N–H and O–H groups in total. The zero-order chi connectivity index (χ0) is 13.8. The van der Waals surface area contributed by atoms with Crippen LogP contribution >= 0.6 is 0 Å². The van der Waals surface area contributed by atoms with Crippen LogP contribution in [-0.4, -0.2) is 17.9 Å². The lowest BCUT2D eigenvalue weighted by molar-refractivity contribution is -0.129. The highest BCUT2D eigenvalue weighted by Gasteiger charge is 2.14. The standard InChI is InChI=1S/C15H16N2O2/c1-10(15(19)17-11(2)18)16-14-9-5-7-12-6-3-4-8-13(12)14/h3-10,16H,1-2H3,(H,17,18,19)/t10-/m0/s1. The number of nitrogens with one attached hydrogen (secondary N) is 2. The Morgan fingerprint density at radius 1 is 1.05 bits per heavy atom. The molecule has 4 nitrogen and oxygen atoms in total. The van der Waals surface area contributed by atoms with Crippen LogP contribution in [0.15, 0.2) is 42.5 Å². The molecule has 2 aromatic carbocycles. The van der Waals surface area contributed by atoms with E-state index in [0.717, 1.165) is 16.5 Å². The highest BCUT2D eigenvalue weighted by atomic mass is 16.2. The van der Waals surface area contributed by atoms with Crippen LogP contribution in [0, 0.1) is 0 Å². The summed E-state index contributed by atoms with van der Waals surface area (Å²) in [5.74, 6) is -0.683. The van der Waals surface area contributed by atoms with Gasteiger partial charge in [0.05, 0.1) is 0 Å². The van der Waals surface area contributed by atoms with Gasteiger partial charge in [0, 0.05) is 18.0 Å². The van der Waals surface area contributed by atoms with Crippen LogP contribution < -0.4 is 10.6 Å². The van der Waals surface area contributed by atoms with Crippen molar-refractivity contribution in [1.82, 2.24) is 5.32 Å². The van der Waals surface area contributed by atoms with E-state index >= 15 is 0 Å². The predicted octanol–water partition coefficient (Wildman–Crippen LogP) is 2.30. The second-order valence-electron chi connectivity index (χ2n) is 4.44. The fourth-order valence-electron chi connectivity index (χ4n) is 1.93. The third kappa shape index (κ3) is 3.10. The van der Waals surface area contributed by atoms with Crippen molar-refractivity contribution in [1.29, 1.82) is 0 Å². The van der Waals surface area contributed by atoms with Gasteiger partial charge in [0.15, 0.2) is 0 Å². The molecule has 0 radical (unpaired) electrons. The van der Waals surface area contributed by atoms with E-state index < -0.39 is 6.04 Å². The number of amides is 2. The highest BCUT2D eigenvalue weighted by molar-refractivity contribution is 6.00. The summed E-state index contributed by atoms with van der Waals surface area (Å²) < 4.78 is 0. The van der Waals surface area contributed by atoms with Crippen molar-refractivity contribution in [3.63, 3.8) is 0 Å². The zero-order valence-corrected chi connectivity index (χ0v) is 10.9. The molecule has 0 aliphatic heterocycles. The first-order valence-electron chi connectivity index (χ1n) is 6.13. The van der Waals surface area contributed by atoms with Gasteiger partial charge < -0.3 is 5.32 Å². The summed E-state index contributed by atoms with van der Waals surface area (Å²) in [6.45, 7) is 3.04. The van der Waals surface area contributed by atoms with Gasteiger partial charge in [0.2, 0.25) is 11.8 Å². The topological polar surface area (TPSA) is 58.2 Å². The number of anilines is 1. The van der Waals surface area contributed by atoms with Crippen molar-refractivity contribution in [3.05, 3.63) is 42.5 Å². The summed E-state index contributed by atoms with van der Waals surface area (Å²) in [5, 5.41) is 7.55. The van der Waals surface area contributed by atoms with Crippen molar-refractivity contribution in [2.45, 2.75) is 19.9 Å². The van der Waals surface area contributed by atoms with Crippen LogP contribution in [0.1, 0.15) is 13.8 Å². The van der Waals surface area contributed by atoms with Crippen molar-refractivity contribution in [3.8, 4) is 0 Å². The van der Waals surface area contributed by atoms with Gasteiger partial charge >= 0.3 is 0 Å². The fraction of sp³-hybridized carbons (Fsp3) is 0.200. The Morgan fingerprint density at radius 3 is 2.47 bits per heavy atom. The van der Waals surface area contributed by atoms with E-state index in [9.17, 15) is 9.59 Å². The van der Waals surface area contributed by atoms with Crippen LogP contribution in [0.5, 0.6) is 0 Å². The van der Waals surface area contributed by atoms with Gasteiger partial charge in [-0.15, -0.1) is 0 Å². The fourth-order valence-corrected chi connectivity index (χ4v) is 1.93. The van der Waals surface area contributed by atoms with Gasteiger partial charge in [-0.1, -0.05) is 36.4 Å². The summed E-state index contributed by atoms with van der Waals surface area (Å²) in [6, 6.07) is 13.3. The maximum absolute atomic E-state index is 11.7. The summed E-state index contributed by atoms with van der Waals surface area (Å²) in [7, 11) is 0. The molecule has 4 heteroatoms. The van der Waals surface area contributed by atoms with Crippen molar-refractivity contribution in [2.24, 2.45) is 0 Å². The Labute approximate surface area is 111 Å². The largest absolute Gasteiger partial charge is 0.373 e. The van der Waals surface area contributed by atoms with Gasteiger partial charge in [-0.05, 0) is 18.4 Å². The van der Waals surface area contributed by atoms with Crippen LogP contribution in [0.2, 0.25) is 0 Å². The van der Waals surface area contributed by atoms with Crippen LogP contribution in [0.25, 0.3) is 10.8 Å². The number of fused-ring (bicyclic) bond motifs is 1. The molecule has 0 spiro atoms. The molecule has 0 fully saturated rings. The van der Waals surface area contributed by atoms with Gasteiger partial charge in [-0.3, -0.25) is 14.9 Å². The Hall–Kier alpha value is -2.36. The summed E-state index contributed by atoms with van der Waals surface area (Å²) in [4.78, 5) is 22.6. The molecule has 0 heterocycles. The van der Waals surface area contributed by atoms with E-state index in [1.54, 1.807) is 6.92 Å². The number of carbonyl (C=O) groups is 2. The van der Waals surface area contributed by atoms with Gasteiger partial charge in [-0.2, -0.15) is 0 Å². The number of carbonyl (C=O) groups excluding carboxylic acids is 2. The number of benzene rings is 2. The van der Waals surface area contributed by atoms with Crippen molar-refractivity contribution in [2.75, 3.05) is 5.32 Å². The maximum Gasteiger partial charge on any atom is 0.248 e. The maximum atomic E-state index is 11.7. The molecular weight excluding hydrogens is 240 g/mol. The molecule has 0 aromatic heterocycles. The van der Waals surface area contributed by atoms with E-state index in [1.165, 1.54) is 6.92 Å². The minimum atomic E-state index is -0.477. The van der Waals surface area contributed by atoms with Gasteiger partial charge in [0.1, 0.15) is 6.04 Å². The molecule has 2 amide bonds. The molecular formula is C15H16N2O2. The van der Waals surface area contributed by atoms with E-state index in [4.69, 9.17) is 0 Å². The summed E-state index contributed by atoms with van der Waals surface area (Å²) >= 11 is 0. The van der Waals surface area contributed by atoms with Gasteiger partial charge in [0.25, 0.3) is 0 Å². The Balaban J connectivity index is 2.21. The summed E-state index contributed by atoms with van der Waals surface area (Å²) in [5.41, 5.74) is 0.879. The molecule has 0 aliphatic carbocycles. The van der Waals surface area contributed by atoms with Crippen LogP contribution in [0.3, 0.4) is 0 Å². The summed E-state index contributed by atoms with van der Waals surface area (Å²) in [6.07, 6.45) is 0. The molecule has 0 saturated carbocycles. The first kappa shape index (κ1) is 13.1. The van der Waals surface area contributed by atoms with Gasteiger partial charge in [-0.25, -0.2) is 0 Å². The number of imide groups is 1. The Morgan fingerprint density at radius 2 is 1.74 bits per heavy atom. The SMILES string of the molecule is CC(=O)NC(=O)[C@H](C)Nc1cccc2ccccc12. The predicted molar refractivity (Wildman–Crippen MR) is 75.9 cm³/mol. The number of hydrogen-bond donors (Lipinski definition) is 2. The number of rotatable bonds is 3. The molecule has 98 valence electrons. The molecule has 19 heavy (non-hydrogen) atoms. The Kier molecular flexibility index (Phi) is 3.80. The van der Waals surface area contributed by atoms with Crippen molar-refractivity contribution >= 4 is 28.3 Å². The first-order valence-corrected chi connectivity index (χ1v) is 6.13. The highest BCUT2D eigenvalue weighted by Crippen LogP contribution is 2.23. The monoisotopic (exact) mass is 256 g/mol. The normalized spacial score (nSPS) is 11.9. The minimum Gasteiger partial charge on any atom is -0.373 e. The van der Waals surface area contributed by atoms with E-state index in [0.29, 0.717) is 0 Å². The second kappa shape index (κ2) is 5.52. The molecule has 2 rings (SSSR count). The molecule has 1 atom stereocenters. The lowest BCUT2D eigenvalue weighted by atomic mass is 10.1. The zero-order valence-electron chi connectivity index (χ0n) is 10.9. The molecule has 0 unspecified atom stereocenters. The first-order chi connectivity index (χ1) is 9.08. The lowest BCUT2D eigenvalue weighted by Gasteiger charge is -2.15. The van der Waals surface area contributed by atoms with Crippen LogP contribution in [-0.2, 0) is 9.59 Å². The molecule has 2 aromatic rings. The van der Waals surface area contributed by atoms with E-state index in [1.807, 2.05) is 42.5 Å². The average molecular weight is 256 g/mol. The molecule has 0 bridgehead atoms. The quantitative estimate of drug-likeness (QED) is 0.886. The minimum absolute atomic E-state index is 0.333. The van der Waals surface area contributed by atoms with E-state index in [-0.39, 0.29) is 11.8 Å². The van der Waals surface area contributed by atoms with Crippen LogP contribution in [0.4, 0.5) is 5.69 Å². The lowest BCUT2D eigenvalue weighted by Crippen LogP contribution is -2.39. The molecule has 0 saturated heterocycles. The third-order valence-electron chi connectivity index (χ3n) is 2.85. The third-order valence-corrected chi connectivity index (χ3v) is 2.85. The van der Waals surface area contributed by atoms with Crippen molar-refractivity contribution < 1.29 is 9.59 Å². The smallest absolute Gasteiger partial charge is 0.248 e. The Bertz CT molecular complexity index is 617. The molecule has 0 aliphatic rings. The van der Waals surface area contributed by atoms with E-state index in [2.05, 4.69) is 10.6 Å². The number of hydrogen-bond acceptors (Lipinski definition) is 3. The second-order valence-corrected chi connectivity index (χ2v) is 4.44.